The Morgan fingerprint density at radius 3 is 2.88 bits per heavy atom. The summed E-state index contributed by atoms with van der Waals surface area (Å²) in [6.07, 6.45) is 5.59. The normalized spacial score (nSPS) is 18.0. The zero-order valence-corrected chi connectivity index (χ0v) is 8.81. The Labute approximate surface area is 93.7 Å². The Balaban J connectivity index is 1.76. The third-order valence-electron chi connectivity index (χ3n) is 2.82. The molecule has 16 heavy (non-hydrogen) atoms. The number of fused-ring (bicyclic) bond motifs is 1. The van der Waals surface area contributed by atoms with Crippen LogP contribution in [0, 0.1) is 5.92 Å². The van der Waals surface area contributed by atoms with Gasteiger partial charge in [0.05, 0.1) is 0 Å². The minimum atomic E-state index is 0.234. The number of benzene rings is 1. The second kappa shape index (κ2) is 3.67. The summed E-state index contributed by atoms with van der Waals surface area (Å²) in [5.41, 5.74) is 0.971. The van der Waals surface area contributed by atoms with Gasteiger partial charge in [0.2, 0.25) is 6.79 Å². The zero-order chi connectivity index (χ0) is 11.0. The van der Waals surface area contributed by atoms with E-state index < -0.39 is 0 Å². The van der Waals surface area contributed by atoms with E-state index >= 15 is 0 Å². The number of ether oxygens (including phenoxy) is 2. The Morgan fingerprint density at radius 2 is 2.06 bits per heavy atom. The van der Waals surface area contributed by atoms with Crippen LogP contribution in [0.4, 0.5) is 0 Å². The van der Waals surface area contributed by atoms with E-state index in [1.54, 1.807) is 6.08 Å². The van der Waals surface area contributed by atoms with E-state index in [0.29, 0.717) is 0 Å². The molecule has 3 rings (SSSR count). The fourth-order valence-corrected chi connectivity index (χ4v) is 1.70. The molecule has 1 aliphatic carbocycles. The van der Waals surface area contributed by atoms with Crippen molar-refractivity contribution in [2.24, 2.45) is 5.92 Å². The molecule has 0 amide bonds. The number of hydrogen-bond donors (Lipinski definition) is 0. The topological polar surface area (TPSA) is 35.5 Å². The van der Waals surface area contributed by atoms with Crippen molar-refractivity contribution in [1.82, 2.24) is 0 Å². The van der Waals surface area contributed by atoms with Crippen LogP contribution in [0.25, 0.3) is 6.08 Å². The molecule has 0 saturated heterocycles. The molecule has 1 saturated carbocycles. The predicted molar refractivity (Wildman–Crippen MR) is 59.3 cm³/mol. The van der Waals surface area contributed by atoms with E-state index in [-0.39, 0.29) is 18.5 Å². The molecule has 3 nitrogen and oxygen atoms in total. The van der Waals surface area contributed by atoms with Gasteiger partial charge in [0.15, 0.2) is 17.3 Å². The molecule has 0 atom stereocenters. The maximum Gasteiger partial charge on any atom is 0.231 e. The smallest absolute Gasteiger partial charge is 0.231 e. The molecule has 3 heteroatoms. The number of carbonyl (C=O) groups is 1. The van der Waals surface area contributed by atoms with Gasteiger partial charge in [-0.15, -0.1) is 0 Å². The van der Waals surface area contributed by atoms with Crippen molar-refractivity contribution in [3.63, 3.8) is 0 Å². The number of carbonyl (C=O) groups excluding carboxylic acids is 1. The lowest BCUT2D eigenvalue weighted by Crippen LogP contribution is -1.93. The third-order valence-corrected chi connectivity index (χ3v) is 2.82. The SMILES string of the molecule is O=C(/C=C\c1ccc2c(c1)OCO2)C1CC1. The maximum absolute atomic E-state index is 11.5. The summed E-state index contributed by atoms with van der Waals surface area (Å²) in [6, 6.07) is 5.67. The molecule has 1 fully saturated rings. The minimum Gasteiger partial charge on any atom is -0.454 e. The van der Waals surface area contributed by atoms with Gasteiger partial charge in [0, 0.05) is 5.92 Å². The average Bonchev–Trinajstić information content (AvgIpc) is 3.04. The molecular weight excluding hydrogens is 204 g/mol. The van der Waals surface area contributed by atoms with Crippen LogP contribution < -0.4 is 9.47 Å². The Hall–Kier alpha value is -1.77. The summed E-state index contributed by atoms with van der Waals surface area (Å²) in [7, 11) is 0. The first-order valence-corrected chi connectivity index (χ1v) is 5.44. The number of allylic oxidation sites excluding steroid dienone is 1. The minimum absolute atomic E-state index is 0.234. The number of rotatable bonds is 3. The lowest BCUT2D eigenvalue weighted by Gasteiger charge is -1.97. The fraction of sp³-hybridized carbons (Fsp3) is 0.308. The summed E-state index contributed by atoms with van der Waals surface area (Å²) in [6.45, 7) is 0.281. The second-order valence-electron chi connectivity index (χ2n) is 4.12. The predicted octanol–water partition coefficient (Wildman–Crippen LogP) is 2.41. The van der Waals surface area contributed by atoms with Crippen molar-refractivity contribution in [3.8, 4) is 11.5 Å². The van der Waals surface area contributed by atoms with Crippen LogP contribution in [0.3, 0.4) is 0 Å². The molecule has 1 aromatic carbocycles. The quantitative estimate of drug-likeness (QED) is 0.728. The van der Waals surface area contributed by atoms with Crippen molar-refractivity contribution >= 4 is 11.9 Å². The number of ketones is 1. The fourth-order valence-electron chi connectivity index (χ4n) is 1.70. The summed E-state index contributed by atoms with van der Waals surface area (Å²) >= 11 is 0. The van der Waals surface area contributed by atoms with Crippen molar-refractivity contribution in [2.75, 3.05) is 6.79 Å². The van der Waals surface area contributed by atoms with E-state index in [2.05, 4.69) is 0 Å². The summed E-state index contributed by atoms with van der Waals surface area (Å²) in [4.78, 5) is 11.5. The van der Waals surface area contributed by atoms with Crippen molar-refractivity contribution in [2.45, 2.75) is 12.8 Å². The van der Waals surface area contributed by atoms with Gasteiger partial charge in [0.25, 0.3) is 0 Å². The zero-order valence-electron chi connectivity index (χ0n) is 8.81. The van der Waals surface area contributed by atoms with Crippen LogP contribution in [0.1, 0.15) is 18.4 Å². The van der Waals surface area contributed by atoms with E-state index in [1.165, 1.54) is 0 Å². The van der Waals surface area contributed by atoms with E-state index in [1.807, 2.05) is 24.3 Å². The van der Waals surface area contributed by atoms with Crippen LogP contribution in [0.5, 0.6) is 11.5 Å². The van der Waals surface area contributed by atoms with Gasteiger partial charge < -0.3 is 9.47 Å². The molecule has 2 aliphatic rings. The molecule has 0 bridgehead atoms. The molecule has 0 spiro atoms. The first kappa shape index (κ1) is 9.46. The molecule has 0 unspecified atom stereocenters. The van der Waals surface area contributed by atoms with Crippen LogP contribution in [0.15, 0.2) is 24.3 Å². The lowest BCUT2D eigenvalue weighted by atomic mass is 10.1. The Morgan fingerprint density at radius 1 is 1.25 bits per heavy atom. The van der Waals surface area contributed by atoms with Gasteiger partial charge in [0.1, 0.15) is 0 Å². The average molecular weight is 216 g/mol. The molecule has 0 aromatic heterocycles. The maximum atomic E-state index is 11.5. The van der Waals surface area contributed by atoms with Crippen LogP contribution in [-0.4, -0.2) is 12.6 Å². The standard InChI is InChI=1S/C13H12O3/c14-11(10-3-4-10)5-1-9-2-6-12-13(7-9)16-8-15-12/h1-2,5-7,10H,3-4,8H2/b5-1-. The molecule has 1 aromatic rings. The molecule has 1 aliphatic heterocycles. The van der Waals surface area contributed by atoms with Gasteiger partial charge in [-0.1, -0.05) is 12.1 Å². The third kappa shape index (κ3) is 1.81. The molecule has 1 heterocycles. The first-order valence-electron chi connectivity index (χ1n) is 5.44. The highest BCUT2D eigenvalue weighted by atomic mass is 16.7. The highest BCUT2D eigenvalue weighted by Gasteiger charge is 2.27. The van der Waals surface area contributed by atoms with Crippen LogP contribution in [0.2, 0.25) is 0 Å². The highest BCUT2D eigenvalue weighted by molar-refractivity contribution is 5.96. The second-order valence-corrected chi connectivity index (χ2v) is 4.12. The largest absolute Gasteiger partial charge is 0.454 e. The van der Waals surface area contributed by atoms with Crippen molar-refractivity contribution < 1.29 is 14.3 Å². The van der Waals surface area contributed by atoms with Gasteiger partial charge in [-0.3, -0.25) is 4.79 Å². The molecule has 82 valence electrons. The first-order chi connectivity index (χ1) is 7.83. The van der Waals surface area contributed by atoms with E-state index in [0.717, 1.165) is 29.9 Å². The van der Waals surface area contributed by atoms with Gasteiger partial charge >= 0.3 is 0 Å². The lowest BCUT2D eigenvalue weighted by molar-refractivity contribution is -0.115. The van der Waals surface area contributed by atoms with Crippen LogP contribution in [-0.2, 0) is 4.79 Å². The summed E-state index contributed by atoms with van der Waals surface area (Å²) in [5, 5.41) is 0. The van der Waals surface area contributed by atoms with Gasteiger partial charge in [-0.25, -0.2) is 0 Å². The van der Waals surface area contributed by atoms with Crippen LogP contribution >= 0.6 is 0 Å². The monoisotopic (exact) mass is 216 g/mol. The molecular formula is C13H12O3. The van der Waals surface area contributed by atoms with E-state index in [4.69, 9.17) is 9.47 Å². The summed E-state index contributed by atoms with van der Waals surface area (Å²) < 4.78 is 10.5. The Kier molecular flexibility index (Phi) is 2.17. The van der Waals surface area contributed by atoms with E-state index in [9.17, 15) is 4.79 Å². The summed E-state index contributed by atoms with van der Waals surface area (Å²) in [5.74, 6) is 2.04. The highest BCUT2D eigenvalue weighted by Crippen LogP contribution is 2.33. The van der Waals surface area contributed by atoms with Crippen molar-refractivity contribution in [3.05, 3.63) is 29.8 Å². The Bertz CT molecular complexity index is 458. The molecule has 0 N–H and O–H groups in total. The van der Waals surface area contributed by atoms with Crippen molar-refractivity contribution in [1.29, 1.82) is 0 Å². The molecule has 0 radical (unpaired) electrons. The van der Waals surface area contributed by atoms with Gasteiger partial charge in [-0.05, 0) is 36.6 Å². The number of hydrogen-bond acceptors (Lipinski definition) is 3. The van der Waals surface area contributed by atoms with Gasteiger partial charge in [-0.2, -0.15) is 0 Å².